The first-order valence-corrected chi connectivity index (χ1v) is 18.3. The predicted octanol–water partition coefficient (Wildman–Crippen LogP) is 12.8. The molecule has 2 aromatic heterocycles. The average molecular weight is 671 g/mol. The van der Waals surface area contributed by atoms with E-state index in [9.17, 15) is 0 Å². The van der Waals surface area contributed by atoms with E-state index >= 15 is 0 Å². The van der Waals surface area contributed by atoms with Crippen LogP contribution in [0.15, 0.2) is 182 Å². The van der Waals surface area contributed by atoms with Crippen molar-refractivity contribution in [3.8, 4) is 44.6 Å². The zero-order valence-corrected chi connectivity index (χ0v) is 28.7. The highest BCUT2D eigenvalue weighted by atomic mass is 14.7. The van der Waals surface area contributed by atoms with Crippen LogP contribution in [0.2, 0.25) is 0 Å². The molecule has 2 aliphatic rings. The normalized spacial score (nSPS) is 13.4. The molecule has 0 radical (unpaired) electrons. The molecule has 53 heavy (non-hydrogen) atoms. The third kappa shape index (κ3) is 3.87. The lowest BCUT2D eigenvalue weighted by Crippen LogP contribution is -2.26. The van der Waals surface area contributed by atoms with Gasteiger partial charge in [-0.1, -0.05) is 140 Å². The van der Waals surface area contributed by atoms with E-state index < -0.39 is 5.41 Å². The maximum absolute atomic E-state index is 5.15. The van der Waals surface area contributed by atoms with Crippen molar-refractivity contribution in [1.82, 2.24) is 9.97 Å². The standard InChI is InChI=1S/C51H30N2/c1-2-13-39-31(9-1)22-24-42-43-29-36-21-20-35(34-10-7-11-37(27-34)47-25-23-33-19-18-32-12-8-26-52-49(32)50(33)53-47)28-38(36)30-46(43)51(48(39)42)44-16-5-3-14-40(44)41-15-4-6-17-45(41)51/h1-30H. The van der Waals surface area contributed by atoms with Gasteiger partial charge in [0.05, 0.1) is 22.1 Å². The highest BCUT2D eigenvalue weighted by Gasteiger charge is 2.52. The number of rotatable bonds is 2. The van der Waals surface area contributed by atoms with Crippen LogP contribution in [0.3, 0.4) is 0 Å². The summed E-state index contributed by atoms with van der Waals surface area (Å²) in [5, 5.41) is 7.28. The second-order valence-corrected chi connectivity index (χ2v) is 14.5. The lowest BCUT2D eigenvalue weighted by atomic mass is 9.69. The maximum atomic E-state index is 5.15. The third-order valence-electron chi connectivity index (χ3n) is 11.9. The minimum Gasteiger partial charge on any atom is -0.254 e. The molecule has 0 atom stereocenters. The number of nitrogens with zero attached hydrogens (tertiary/aromatic N) is 2. The van der Waals surface area contributed by atoms with Gasteiger partial charge in [-0.05, 0) is 114 Å². The highest BCUT2D eigenvalue weighted by Crippen LogP contribution is 2.64. The molecule has 10 aromatic rings. The second-order valence-electron chi connectivity index (χ2n) is 14.5. The molecule has 2 heterocycles. The smallest absolute Gasteiger partial charge is 0.0972 e. The zero-order chi connectivity index (χ0) is 34.7. The molecule has 0 N–H and O–H groups in total. The first-order chi connectivity index (χ1) is 26.3. The molecule has 0 saturated heterocycles. The molecule has 0 aliphatic heterocycles. The molecule has 2 aliphatic carbocycles. The summed E-state index contributed by atoms with van der Waals surface area (Å²) in [5.74, 6) is 0. The van der Waals surface area contributed by atoms with Crippen LogP contribution < -0.4 is 0 Å². The van der Waals surface area contributed by atoms with Gasteiger partial charge in [-0.3, -0.25) is 4.98 Å². The number of fused-ring (bicyclic) bond motifs is 16. The fourth-order valence-corrected chi connectivity index (χ4v) is 9.58. The quantitative estimate of drug-likeness (QED) is 0.171. The minimum absolute atomic E-state index is 0.413. The molecular weight excluding hydrogens is 641 g/mol. The molecule has 1 spiro atoms. The van der Waals surface area contributed by atoms with E-state index in [0.717, 1.165) is 33.1 Å². The van der Waals surface area contributed by atoms with E-state index in [-0.39, 0.29) is 0 Å². The molecule has 12 rings (SSSR count). The molecule has 244 valence electrons. The number of benzene rings is 8. The Morgan fingerprint density at radius 3 is 1.91 bits per heavy atom. The minimum atomic E-state index is -0.413. The van der Waals surface area contributed by atoms with E-state index in [1.165, 1.54) is 77.2 Å². The fraction of sp³-hybridized carbons (Fsp3) is 0.0196. The Hall–Kier alpha value is -6.90. The van der Waals surface area contributed by atoms with Crippen LogP contribution in [0.1, 0.15) is 22.3 Å². The summed E-state index contributed by atoms with van der Waals surface area (Å²) in [5.41, 5.74) is 16.6. The summed E-state index contributed by atoms with van der Waals surface area (Å²) >= 11 is 0. The molecule has 2 nitrogen and oxygen atoms in total. The molecule has 0 fully saturated rings. The topological polar surface area (TPSA) is 25.8 Å². The second kappa shape index (κ2) is 10.6. The van der Waals surface area contributed by atoms with Crippen molar-refractivity contribution < 1.29 is 0 Å². The maximum Gasteiger partial charge on any atom is 0.0972 e. The summed E-state index contributed by atoms with van der Waals surface area (Å²) in [4.78, 5) is 9.83. The van der Waals surface area contributed by atoms with Crippen molar-refractivity contribution in [1.29, 1.82) is 0 Å². The first kappa shape index (κ1) is 28.8. The number of hydrogen-bond acceptors (Lipinski definition) is 2. The van der Waals surface area contributed by atoms with Crippen LogP contribution in [0, 0.1) is 0 Å². The summed E-state index contributed by atoms with van der Waals surface area (Å²) in [7, 11) is 0. The molecule has 0 unspecified atom stereocenters. The SMILES string of the molecule is c1cc(-c2ccc3cc4c(cc3c2)C2(c3ccccc3-c3ccccc32)c2c-4ccc3ccccc23)cc(-c2ccc3ccc4cccnc4c3n2)c1. The summed E-state index contributed by atoms with van der Waals surface area (Å²) < 4.78 is 0. The third-order valence-corrected chi connectivity index (χ3v) is 11.9. The Labute approximate surface area is 306 Å². The van der Waals surface area contributed by atoms with Crippen molar-refractivity contribution >= 4 is 43.4 Å². The molecule has 0 amide bonds. The van der Waals surface area contributed by atoms with Gasteiger partial charge >= 0.3 is 0 Å². The van der Waals surface area contributed by atoms with Crippen LogP contribution in [-0.4, -0.2) is 9.97 Å². The van der Waals surface area contributed by atoms with E-state index in [2.05, 4.69) is 175 Å². The van der Waals surface area contributed by atoms with Gasteiger partial charge in [0.1, 0.15) is 0 Å². The van der Waals surface area contributed by atoms with Crippen LogP contribution in [0.4, 0.5) is 0 Å². The molecule has 8 aromatic carbocycles. The van der Waals surface area contributed by atoms with Gasteiger partial charge in [0.2, 0.25) is 0 Å². The Balaban J connectivity index is 1.06. The van der Waals surface area contributed by atoms with E-state index in [4.69, 9.17) is 4.98 Å². The molecule has 2 heteroatoms. The van der Waals surface area contributed by atoms with Crippen LogP contribution >= 0.6 is 0 Å². The van der Waals surface area contributed by atoms with Gasteiger partial charge in [-0.15, -0.1) is 0 Å². The van der Waals surface area contributed by atoms with Gasteiger partial charge in [0.15, 0.2) is 0 Å². The van der Waals surface area contributed by atoms with Gasteiger partial charge < -0.3 is 0 Å². The lowest BCUT2D eigenvalue weighted by molar-refractivity contribution is 0.802. The van der Waals surface area contributed by atoms with Crippen molar-refractivity contribution in [3.63, 3.8) is 0 Å². The Morgan fingerprint density at radius 1 is 0.358 bits per heavy atom. The lowest BCUT2D eigenvalue weighted by Gasteiger charge is -2.31. The van der Waals surface area contributed by atoms with Crippen molar-refractivity contribution in [2.45, 2.75) is 5.41 Å². The summed E-state index contributed by atoms with van der Waals surface area (Å²) in [6.45, 7) is 0. The summed E-state index contributed by atoms with van der Waals surface area (Å²) in [6, 6.07) is 65.0. The van der Waals surface area contributed by atoms with E-state index in [1.807, 2.05) is 12.3 Å². The Kier molecular flexibility index (Phi) is 5.73. The molecule has 0 bridgehead atoms. The van der Waals surface area contributed by atoms with Crippen molar-refractivity contribution in [2.75, 3.05) is 0 Å². The molecular formula is C51H30N2. The Bertz CT molecular complexity index is 3140. The Morgan fingerprint density at radius 2 is 1.04 bits per heavy atom. The number of pyridine rings is 2. The number of hydrogen-bond donors (Lipinski definition) is 0. The summed E-state index contributed by atoms with van der Waals surface area (Å²) in [6.07, 6.45) is 1.85. The van der Waals surface area contributed by atoms with Crippen molar-refractivity contribution in [2.24, 2.45) is 0 Å². The first-order valence-electron chi connectivity index (χ1n) is 18.3. The van der Waals surface area contributed by atoms with Crippen molar-refractivity contribution in [3.05, 3.63) is 204 Å². The largest absolute Gasteiger partial charge is 0.254 e. The fourth-order valence-electron chi connectivity index (χ4n) is 9.58. The van der Waals surface area contributed by atoms with Gasteiger partial charge in [-0.2, -0.15) is 0 Å². The van der Waals surface area contributed by atoms with Crippen LogP contribution in [-0.2, 0) is 5.41 Å². The van der Waals surface area contributed by atoms with E-state index in [0.29, 0.717) is 0 Å². The van der Waals surface area contributed by atoms with Gasteiger partial charge in [0, 0.05) is 22.5 Å². The van der Waals surface area contributed by atoms with Crippen LogP contribution in [0.5, 0.6) is 0 Å². The average Bonchev–Trinajstić information content (AvgIpc) is 3.69. The molecule has 0 saturated carbocycles. The van der Waals surface area contributed by atoms with Crippen LogP contribution in [0.25, 0.3) is 88.0 Å². The zero-order valence-electron chi connectivity index (χ0n) is 28.7. The number of aromatic nitrogens is 2. The van der Waals surface area contributed by atoms with E-state index in [1.54, 1.807) is 0 Å². The highest BCUT2D eigenvalue weighted by molar-refractivity contribution is 6.07. The monoisotopic (exact) mass is 670 g/mol. The van der Waals surface area contributed by atoms with Gasteiger partial charge in [0.25, 0.3) is 0 Å². The van der Waals surface area contributed by atoms with Gasteiger partial charge in [-0.25, -0.2) is 4.98 Å². The predicted molar refractivity (Wildman–Crippen MR) is 219 cm³/mol.